The third-order valence-electron chi connectivity index (χ3n) is 3.33. The quantitative estimate of drug-likeness (QED) is 0.845. The van der Waals surface area contributed by atoms with Crippen molar-refractivity contribution in [3.05, 3.63) is 16.5 Å². The van der Waals surface area contributed by atoms with Gasteiger partial charge >= 0.3 is 0 Å². The smallest absolute Gasteiger partial charge is 0.249 e. The fraction of sp³-hybridized carbons (Fsp3) is 0.500. The Kier molecular flexibility index (Phi) is 5.36. The van der Waals surface area contributed by atoms with E-state index in [1.165, 1.54) is 16.2 Å². The van der Waals surface area contributed by atoms with Gasteiger partial charge in [-0.1, -0.05) is 24.9 Å². The second-order valence-corrected chi connectivity index (χ2v) is 6.61. The van der Waals surface area contributed by atoms with E-state index in [9.17, 15) is 14.4 Å². The Bertz CT molecular complexity index is 558. The van der Waals surface area contributed by atoms with Crippen LogP contribution in [0.5, 0.6) is 0 Å². The first-order valence-corrected chi connectivity index (χ1v) is 8.13. The second-order valence-electron chi connectivity index (χ2n) is 4.91. The molecule has 0 radical (unpaired) electrons. The molecule has 1 unspecified atom stereocenters. The van der Waals surface area contributed by atoms with Crippen molar-refractivity contribution < 1.29 is 14.4 Å². The van der Waals surface area contributed by atoms with Crippen LogP contribution in [0.4, 0.5) is 5.00 Å². The van der Waals surface area contributed by atoms with E-state index in [1.807, 2.05) is 6.92 Å². The molecule has 5 nitrogen and oxygen atoms in total. The molecule has 0 aliphatic carbocycles. The Morgan fingerprint density at radius 3 is 2.81 bits per heavy atom. The average Bonchev–Trinajstić information content (AvgIpc) is 2.85. The zero-order valence-corrected chi connectivity index (χ0v) is 13.3. The first-order chi connectivity index (χ1) is 10.0. The summed E-state index contributed by atoms with van der Waals surface area (Å²) in [6.45, 7) is 2.01. The molecule has 21 heavy (non-hydrogen) atoms. The standard InChI is InChI=1S/C14H17ClN2O3S/c1-2-3-4-12(19)17(13-8-6-10(15)21-13)9-5-7-11(18)16-14(9)20/h6,8-9H,2-5,7H2,1H3,(H,16,18,20). The Hall–Kier alpha value is -1.40. The zero-order chi connectivity index (χ0) is 15.4. The first-order valence-electron chi connectivity index (χ1n) is 6.94. The number of amides is 3. The van der Waals surface area contributed by atoms with E-state index < -0.39 is 11.9 Å². The molecule has 2 heterocycles. The third kappa shape index (κ3) is 3.83. The van der Waals surface area contributed by atoms with Crippen LogP contribution in [0.1, 0.15) is 39.0 Å². The molecule has 0 bridgehead atoms. The Labute approximate surface area is 132 Å². The maximum absolute atomic E-state index is 12.5. The summed E-state index contributed by atoms with van der Waals surface area (Å²) in [7, 11) is 0. The summed E-state index contributed by atoms with van der Waals surface area (Å²) >= 11 is 7.20. The van der Waals surface area contributed by atoms with Gasteiger partial charge in [-0.3, -0.25) is 24.6 Å². The molecule has 1 aliphatic rings. The highest BCUT2D eigenvalue weighted by Crippen LogP contribution is 2.33. The maximum atomic E-state index is 12.5. The van der Waals surface area contributed by atoms with Crippen LogP contribution in [-0.2, 0) is 14.4 Å². The van der Waals surface area contributed by atoms with Crippen LogP contribution >= 0.6 is 22.9 Å². The van der Waals surface area contributed by atoms with Gasteiger partial charge in [0.05, 0.1) is 9.34 Å². The van der Waals surface area contributed by atoms with Crippen molar-refractivity contribution >= 4 is 45.7 Å². The number of halogens is 1. The van der Waals surface area contributed by atoms with Gasteiger partial charge in [0.15, 0.2) is 0 Å². The van der Waals surface area contributed by atoms with Gasteiger partial charge in [-0.2, -0.15) is 0 Å². The number of piperidine rings is 1. The predicted molar refractivity (Wildman–Crippen MR) is 82.5 cm³/mol. The summed E-state index contributed by atoms with van der Waals surface area (Å²) in [5.74, 6) is -0.813. The normalized spacial score (nSPS) is 18.5. The molecule has 0 saturated carbocycles. The van der Waals surface area contributed by atoms with Crippen molar-refractivity contribution in [2.75, 3.05) is 4.90 Å². The number of carbonyl (C=O) groups is 3. The molecular weight excluding hydrogens is 312 g/mol. The minimum Gasteiger partial charge on any atom is -0.295 e. The molecule has 1 aliphatic heterocycles. The number of nitrogens with zero attached hydrogens (tertiary/aromatic N) is 1. The number of carbonyl (C=O) groups excluding carboxylic acids is 3. The number of thiophene rings is 1. The lowest BCUT2D eigenvalue weighted by molar-refractivity contribution is -0.135. The molecule has 1 atom stereocenters. The van der Waals surface area contributed by atoms with Gasteiger partial charge in [0.1, 0.15) is 6.04 Å². The molecule has 0 spiro atoms. The summed E-state index contributed by atoms with van der Waals surface area (Å²) in [6.07, 6.45) is 2.64. The van der Waals surface area contributed by atoms with Crippen LogP contribution in [0, 0.1) is 0 Å². The van der Waals surface area contributed by atoms with Crippen LogP contribution in [0.15, 0.2) is 12.1 Å². The monoisotopic (exact) mass is 328 g/mol. The first kappa shape index (κ1) is 16.0. The maximum Gasteiger partial charge on any atom is 0.249 e. The van der Waals surface area contributed by atoms with E-state index in [0.29, 0.717) is 22.2 Å². The van der Waals surface area contributed by atoms with E-state index >= 15 is 0 Å². The Balaban J connectivity index is 2.25. The molecule has 1 N–H and O–H groups in total. The highest BCUT2D eigenvalue weighted by atomic mass is 35.5. The van der Waals surface area contributed by atoms with E-state index in [-0.39, 0.29) is 18.2 Å². The minimum atomic E-state index is -0.637. The van der Waals surface area contributed by atoms with Gasteiger partial charge in [-0.05, 0) is 25.0 Å². The van der Waals surface area contributed by atoms with E-state index in [1.54, 1.807) is 12.1 Å². The highest BCUT2D eigenvalue weighted by Gasteiger charge is 2.35. The lowest BCUT2D eigenvalue weighted by Gasteiger charge is -2.32. The number of hydrogen-bond donors (Lipinski definition) is 1. The van der Waals surface area contributed by atoms with Crippen molar-refractivity contribution in [1.82, 2.24) is 5.32 Å². The van der Waals surface area contributed by atoms with Crippen LogP contribution in [0.3, 0.4) is 0 Å². The van der Waals surface area contributed by atoms with E-state index in [2.05, 4.69) is 5.32 Å². The highest BCUT2D eigenvalue weighted by molar-refractivity contribution is 7.20. The van der Waals surface area contributed by atoms with Gasteiger partial charge in [0.25, 0.3) is 0 Å². The van der Waals surface area contributed by atoms with Crippen LogP contribution in [-0.4, -0.2) is 23.8 Å². The van der Waals surface area contributed by atoms with Gasteiger partial charge in [-0.15, -0.1) is 11.3 Å². The predicted octanol–water partition coefficient (Wildman–Crippen LogP) is 2.73. The fourth-order valence-corrected chi connectivity index (χ4v) is 3.36. The number of anilines is 1. The second kappa shape index (κ2) is 7.04. The van der Waals surface area contributed by atoms with Gasteiger partial charge in [-0.25, -0.2) is 0 Å². The van der Waals surface area contributed by atoms with Crippen molar-refractivity contribution in [3.8, 4) is 0 Å². The van der Waals surface area contributed by atoms with E-state index in [0.717, 1.165) is 12.8 Å². The van der Waals surface area contributed by atoms with Crippen molar-refractivity contribution in [2.24, 2.45) is 0 Å². The topological polar surface area (TPSA) is 66.5 Å². The number of rotatable bonds is 5. The largest absolute Gasteiger partial charge is 0.295 e. The molecule has 1 aromatic heterocycles. The number of nitrogens with one attached hydrogen (secondary N) is 1. The molecule has 1 saturated heterocycles. The average molecular weight is 329 g/mol. The minimum absolute atomic E-state index is 0.107. The van der Waals surface area contributed by atoms with Crippen LogP contribution in [0.25, 0.3) is 0 Å². The molecule has 1 aromatic rings. The molecule has 7 heteroatoms. The third-order valence-corrected chi connectivity index (χ3v) is 4.56. The summed E-state index contributed by atoms with van der Waals surface area (Å²) in [4.78, 5) is 37.3. The summed E-state index contributed by atoms with van der Waals surface area (Å²) in [5, 5.41) is 2.95. The van der Waals surface area contributed by atoms with E-state index in [4.69, 9.17) is 11.6 Å². The number of unbranched alkanes of at least 4 members (excludes halogenated alkanes) is 1. The summed E-state index contributed by atoms with van der Waals surface area (Å²) < 4.78 is 0.561. The molecule has 2 rings (SSSR count). The molecule has 0 aromatic carbocycles. The summed E-state index contributed by atoms with van der Waals surface area (Å²) in [6, 6.07) is 2.80. The molecular formula is C14H17ClN2O3S. The van der Waals surface area contributed by atoms with Crippen molar-refractivity contribution in [2.45, 2.75) is 45.1 Å². The zero-order valence-electron chi connectivity index (χ0n) is 11.7. The molecule has 1 fully saturated rings. The van der Waals surface area contributed by atoms with Crippen molar-refractivity contribution in [3.63, 3.8) is 0 Å². The fourth-order valence-electron chi connectivity index (χ4n) is 2.26. The lowest BCUT2D eigenvalue weighted by Crippen LogP contribution is -2.54. The summed E-state index contributed by atoms with van der Waals surface area (Å²) in [5.41, 5.74) is 0. The lowest BCUT2D eigenvalue weighted by atomic mass is 10.0. The van der Waals surface area contributed by atoms with Crippen LogP contribution in [0.2, 0.25) is 4.34 Å². The number of hydrogen-bond acceptors (Lipinski definition) is 4. The number of imide groups is 1. The van der Waals surface area contributed by atoms with Gasteiger partial charge in [0, 0.05) is 12.8 Å². The molecule has 114 valence electrons. The van der Waals surface area contributed by atoms with Gasteiger partial charge < -0.3 is 0 Å². The Morgan fingerprint density at radius 1 is 1.48 bits per heavy atom. The van der Waals surface area contributed by atoms with Gasteiger partial charge in [0.2, 0.25) is 17.7 Å². The SMILES string of the molecule is CCCCC(=O)N(c1ccc(Cl)s1)C1CCC(=O)NC1=O. The van der Waals surface area contributed by atoms with Crippen LogP contribution < -0.4 is 10.2 Å². The Morgan fingerprint density at radius 2 is 2.24 bits per heavy atom. The van der Waals surface area contributed by atoms with Crippen molar-refractivity contribution in [1.29, 1.82) is 0 Å². The molecule has 3 amide bonds.